The first-order valence-corrected chi connectivity index (χ1v) is 8.40. The van der Waals surface area contributed by atoms with Gasteiger partial charge in [0.2, 0.25) is 0 Å². The van der Waals surface area contributed by atoms with E-state index in [1.807, 2.05) is 13.8 Å². The van der Waals surface area contributed by atoms with Gasteiger partial charge in [-0.15, -0.1) is 0 Å². The molecule has 1 atom stereocenters. The third-order valence-electron chi connectivity index (χ3n) is 3.07. The van der Waals surface area contributed by atoms with Crippen molar-refractivity contribution < 1.29 is 19.1 Å². The third kappa shape index (κ3) is 16.6. The number of carbonyl (C=O) groups is 2. The van der Waals surface area contributed by atoms with Crippen molar-refractivity contribution in [3.63, 3.8) is 0 Å². The first-order chi connectivity index (χ1) is 10.8. The van der Waals surface area contributed by atoms with E-state index >= 15 is 0 Å². The van der Waals surface area contributed by atoms with Crippen molar-refractivity contribution in [3.8, 4) is 0 Å². The van der Waals surface area contributed by atoms with Gasteiger partial charge in [0.1, 0.15) is 0 Å². The van der Waals surface area contributed by atoms with Gasteiger partial charge in [-0.1, -0.05) is 60.1 Å². The first kappa shape index (κ1) is 23.7. The lowest BCUT2D eigenvalue weighted by Crippen LogP contribution is -2.14. The molecule has 4 heteroatoms. The second-order valence-electron chi connectivity index (χ2n) is 6.02. The van der Waals surface area contributed by atoms with Crippen molar-refractivity contribution in [1.82, 2.24) is 0 Å². The Morgan fingerprint density at radius 2 is 1.74 bits per heavy atom. The lowest BCUT2D eigenvalue weighted by Gasteiger charge is -2.14. The van der Waals surface area contributed by atoms with Crippen LogP contribution in [-0.2, 0) is 19.1 Å². The van der Waals surface area contributed by atoms with Crippen LogP contribution in [0.4, 0.5) is 0 Å². The maximum atomic E-state index is 11.1. The van der Waals surface area contributed by atoms with Crippen LogP contribution in [0.25, 0.3) is 0 Å². The van der Waals surface area contributed by atoms with Gasteiger partial charge in [0, 0.05) is 11.6 Å². The van der Waals surface area contributed by atoms with E-state index in [0.29, 0.717) is 30.6 Å². The standard InChI is InChI=1S/C12H22O2.C7H12O2/c1-5-7-8-11(6-2)9-14-12(13)10(3)4;1-4-7(8)9-5-6(2)3/h11H,3,5-9H2,1-2,4H3;4,6H,1,5H2,2-3H3. The highest BCUT2D eigenvalue weighted by Crippen LogP contribution is 2.13. The summed E-state index contributed by atoms with van der Waals surface area (Å²) >= 11 is 0. The van der Waals surface area contributed by atoms with Gasteiger partial charge in [0.25, 0.3) is 0 Å². The van der Waals surface area contributed by atoms with Crippen LogP contribution in [0.1, 0.15) is 60.3 Å². The van der Waals surface area contributed by atoms with Gasteiger partial charge in [-0.05, 0) is 25.2 Å². The minimum Gasteiger partial charge on any atom is -0.462 e. The summed E-state index contributed by atoms with van der Waals surface area (Å²) in [5.41, 5.74) is 0.482. The van der Waals surface area contributed by atoms with Crippen LogP contribution in [-0.4, -0.2) is 25.2 Å². The summed E-state index contributed by atoms with van der Waals surface area (Å²) in [5, 5.41) is 0. The molecule has 0 aliphatic rings. The molecule has 0 aromatic heterocycles. The molecular weight excluding hydrogens is 292 g/mol. The molecule has 0 aliphatic carbocycles. The largest absolute Gasteiger partial charge is 0.462 e. The molecule has 0 amide bonds. The molecule has 0 saturated heterocycles. The Morgan fingerprint density at radius 1 is 1.13 bits per heavy atom. The summed E-state index contributed by atoms with van der Waals surface area (Å²) in [7, 11) is 0. The number of ether oxygens (including phenoxy) is 2. The Hall–Kier alpha value is -1.58. The van der Waals surface area contributed by atoms with Gasteiger partial charge < -0.3 is 9.47 Å². The second kappa shape index (κ2) is 15.3. The number of carbonyl (C=O) groups excluding carboxylic acids is 2. The Bertz CT molecular complexity index is 358. The summed E-state index contributed by atoms with van der Waals surface area (Å²) < 4.78 is 9.81. The summed E-state index contributed by atoms with van der Waals surface area (Å²) in [4.78, 5) is 21.5. The van der Waals surface area contributed by atoms with E-state index in [4.69, 9.17) is 9.47 Å². The van der Waals surface area contributed by atoms with E-state index in [-0.39, 0.29) is 11.9 Å². The van der Waals surface area contributed by atoms with Crippen LogP contribution < -0.4 is 0 Å². The maximum absolute atomic E-state index is 11.1. The highest BCUT2D eigenvalue weighted by atomic mass is 16.5. The fourth-order valence-electron chi connectivity index (χ4n) is 1.52. The minimum absolute atomic E-state index is 0.264. The maximum Gasteiger partial charge on any atom is 0.333 e. The monoisotopic (exact) mass is 326 g/mol. The van der Waals surface area contributed by atoms with Crippen molar-refractivity contribution in [2.75, 3.05) is 13.2 Å². The lowest BCUT2D eigenvalue weighted by molar-refractivity contribution is -0.140. The number of hydrogen-bond acceptors (Lipinski definition) is 4. The molecule has 0 radical (unpaired) electrons. The molecule has 0 aliphatic heterocycles. The zero-order valence-corrected chi connectivity index (χ0v) is 15.5. The van der Waals surface area contributed by atoms with Gasteiger partial charge in [0.05, 0.1) is 13.2 Å². The fourth-order valence-corrected chi connectivity index (χ4v) is 1.52. The molecule has 0 heterocycles. The zero-order chi connectivity index (χ0) is 18.3. The SMILES string of the molecule is C=C(C)C(=O)OCC(CC)CCCC.C=CC(=O)OCC(C)C. The van der Waals surface area contributed by atoms with Crippen LogP contribution in [0.15, 0.2) is 24.8 Å². The highest BCUT2D eigenvalue weighted by Gasteiger charge is 2.09. The zero-order valence-electron chi connectivity index (χ0n) is 15.5. The second-order valence-corrected chi connectivity index (χ2v) is 6.02. The molecule has 0 aromatic carbocycles. The van der Waals surface area contributed by atoms with Gasteiger partial charge >= 0.3 is 11.9 Å². The Balaban J connectivity index is 0. The van der Waals surface area contributed by atoms with Crippen molar-refractivity contribution >= 4 is 11.9 Å². The molecule has 0 bridgehead atoms. The van der Waals surface area contributed by atoms with E-state index < -0.39 is 0 Å². The Kier molecular flexibility index (Phi) is 15.8. The predicted molar refractivity (Wildman–Crippen MR) is 95.1 cm³/mol. The molecule has 1 unspecified atom stereocenters. The predicted octanol–water partition coefficient (Wildman–Crippen LogP) is 4.69. The van der Waals surface area contributed by atoms with E-state index in [2.05, 4.69) is 27.0 Å². The average Bonchev–Trinajstić information content (AvgIpc) is 2.52. The Labute approximate surface area is 141 Å². The minimum atomic E-state index is -0.344. The molecule has 134 valence electrons. The quantitative estimate of drug-likeness (QED) is 0.431. The smallest absolute Gasteiger partial charge is 0.333 e. The number of hydrogen-bond donors (Lipinski definition) is 0. The Morgan fingerprint density at radius 3 is 2.13 bits per heavy atom. The molecule has 0 saturated carbocycles. The number of esters is 2. The molecular formula is C19H34O4. The summed E-state index contributed by atoms with van der Waals surface area (Å²) in [6.07, 6.45) is 5.80. The molecule has 0 fully saturated rings. The van der Waals surface area contributed by atoms with Gasteiger partial charge in [-0.2, -0.15) is 0 Å². The average molecular weight is 326 g/mol. The molecule has 0 rings (SSSR count). The van der Waals surface area contributed by atoms with Gasteiger partial charge in [0.15, 0.2) is 0 Å². The summed E-state index contributed by atoms with van der Waals surface area (Å²) in [5.74, 6) is 0.302. The molecule has 0 spiro atoms. The van der Waals surface area contributed by atoms with Crippen molar-refractivity contribution in [1.29, 1.82) is 0 Å². The fraction of sp³-hybridized carbons (Fsp3) is 0.684. The molecule has 4 nitrogen and oxygen atoms in total. The van der Waals surface area contributed by atoms with Crippen molar-refractivity contribution in [2.24, 2.45) is 11.8 Å². The number of unbranched alkanes of at least 4 members (excludes halogenated alkanes) is 1. The van der Waals surface area contributed by atoms with E-state index in [9.17, 15) is 9.59 Å². The van der Waals surface area contributed by atoms with Crippen LogP contribution in [0, 0.1) is 11.8 Å². The molecule has 23 heavy (non-hydrogen) atoms. The first-order valence-electron chi connectivity index (χ1n) is 8.40. The van der Waals surface area contributed by atoms with Gasteiger partial charge in [-0.25, -0.2) is 9.59 Å². The highest BCUT2D eigenvalue weighted by molar-refractivity contribution is 5.86. The number of rotatable bonds is 10. The van der Waals surface area contributed by atoms with Crippen LogP contribution >= 0.6 is 0 Å². The lowest BCUT2D eigenvalue weighted by atomic mass is 10.0. The summed E-state index contributed by atoms with van der Waals surface area (Å²) in [6.45, 7) is 17.8. The third-order valence-corrected chi connectivity index (χ3v) is 3.07. The normalized spacial score (nSPS) is 11.0. The van der Waals surface area contributed by atoms with E-state index in [1.54, 1.807) is 6.92 Å². The van der Waals surface area contributed by atoms with Gasteiger partial charge in [-0.3, -0.25) is 0 Å². The topological polar surface area (TPSA) is 52.6 Å². The summed E-state index contributed by atoms with van der Waals surface area (Å²) in [6, 6.07) is 0. The van der Waals surface area contributed by atoms with E-state index in [1.165, 1.54) is 18.9 Å². The van der Waals surface area contributed by atoms with Crippen LogP contribution in [0.3, 0.4) is 0 Å². The van der Waals surface area contributed by atoms with Crippen molar-refractivity contribution in [3.05, 3.63) is 24.8 Å². The van der Waals surface area contributed by atoms with Crippen molar-refractivity contribution in [2.45, 2.75) is 60.3 Å². The molecule has 0 N–H and O–H groups in total. The van der Waals surface area contributed by atoms with Crippen LogP contribution in [0.2, 0.25) is 0 Å². The van der Waals surface area contributed by atoms with Crippen LogP contribution in [0.5, 0.6) is 0 Å². The van der Waals surface area contributed by atoms with E-state index in [0.717, 1.165) is 12.8 Å². The molecule has 0 aromatic rings.